The van der Waals surface area contributed by atoms with Crippen LogP contribution in [0.25, 0.3) is 0 Å². The molecule has 0 aromatic heterocycles. The van der Waals surface area contributed by atoms with Crippen LogP contribution in [0.3, 0.4) is 0 Å². The van der Waals surface area contributed by atoms with Gasteiger partial charge < -0.3 is 42.2 Å². The zero-order valence-electron chi connectivity index (χ0n) is 32.7. The van der Waals surface area contributed by atoms with Gasteiger partial charge in [-0.3, -0.25) is 14.1 Å². The van der Waals surface area contributed by atoms with Crippen molar-refractivity contribution < 1.29 is 26.6 Å². The number of nitrogens with two attached hydrogens (primary N) is 1. The highest BCUT2D eigenvalue weighted by Gasteiger charge is 2.47. The molecular formula is C32H76N6O6Si4. The van der Waals surface area contributed by atoms with Gasteiger partial charge in [0, 0.05) is 93.5 Å². The van der Waals surface area contributed by atoms with Crippen LogP contribution < -0.4 is 16.0 Å². The highest BCUT2D eigenvalue weighted by Crippen LogP contribution is 2.30. The number of nitrogens with one attached hydrogen (secondary N) is 2. The third kappa shape index (κ3) is 14.3. The van der Waals surface area contributed by atoms with E-state index in [1.807, 2.05) is 6.08 Å². The van der Waals surface area contributed by atoms with Crippen molar-refractivity contribution in [1.82, 2.24) is 24.0 Å². The van der Waals surface area contributed by atoms with Gasteiger partial charge in [-0.2, -0.15) is 0 Å². The van der Waals surface area contributed by atoms with Crippen LogP contribution in [-0.2, 0) is 26.6 Å². The molecule has 4 aliphatic rings. The fraction of sp³-hybridized carbons (Fsp3) is 0.938. The van der Waals surface area contributed by atoms with Crippen LogP contribution in [0.2, 0.25) is 37.3 Å². The summed E-state index contributed by atoms with van der Waals surface area (Å²) in [5.74, 6) is 0.906. The molecule has 1 unspecified atom stereocenters. The van der Waals surface area contributed by atoms with Gasteiger partial charge in [0.1, 0.15) is 8.24 Å². The average molecular weight is 753 g/mol. The minimum atomic E-state index is -2.00. The lowest BCUT2D eigenvalue weighted by atomic mass is 10.2. The molecule has 48 heavy (non-hydrogen) atoms. The molecule has 4 aliphatic heterocycles. The Morgan fingerprint density at radius 1 is 0.771 bits per heavy atom. The molecule has 1 atom stereocenters. The second-order valence-electron chi connectivity index (χ2n) is 13.8. The van der Waals surface area contributed by atoms with Crippen LogP contribution in [-0.4, -0.2) is 156 Å². The molecule has 0 aromatic carbocycles. The molecule has 0 bridgehead atoms. The molecule has 4 heterocycles. The van der Waals surface area contributed by atoms with Crippen molar-refractivity contribution in [3.8, 4) is 0 Å². The van der Waals surface area contributed by atoms with Gasteiger partial charge in [0.05, 0.1) is 0 Å². The van der Waals surface area contributed by atoms with E-state index in [1.165, 1.54) is 38.3 Å². The predicted octanol–water partition coefficient (Wildman–Crippen LogP) is 3.74. The summed E-state index contributed by atoms with van der Waals surface area (Å²) in [5.41, 5.74) is 5.56. The minimum Gasteiger partial charge on any atom is -0.386 e. The van der Waals surface area contributed by atoms with E-state index in [0.29, 0.717) is 0 Å². The maximum atomic E-state index is 5.60. The highest BCUT2D eigenvalue weighted by molar-refractivity contribution is 6.75. The Bertz CT molecular complexity index is 833. The van der Waals surface area contributed by atoms with Crippen molar-refractivity contribution in [2.75, 3.05) is 108 Å². The lowest BCUT2D eigenvalue weighted by Gasteiger charge is -2.31. The second kappa shape index (κ2) is 24.4. The lowest BCUT2D eigenvalue weighted by Crippen LogP contribution is -2.57. The first kappa shape index (κ1) is 46.1. The molecule has 0 aromatic rings. The molecule has 4 rings (SSSR count). The van der Waals surface area contributed by atoms with Gasteiger partial charge >= 0.3 is 26.2 Å². The van der Waals surface area contributed by atoms with Crippen LogP contribution in [0.4, 0.5) is 0 Å². The molecule has 4 saturated heterocycles. The summed E-state index contributed by atoms with van der Waals surface area (Å²) < 4.78 is 40.5. The monoisotopic (exact) mass is 752 g/mol. The average Bonchev–Trinajstić information content (AvgIpc) is 3.76. The third-order valence-corrected chi connectivity index (χ3v) is 24.3. The van der Waals surface area contributed by atoms with E-state index >= 15 is 0 Å². The van der Waals surface area contributed by atoms with Crippen molar-refractivity contribution >= 4 is 34.4 Å². The molecule has 0 saturated carbocycles. The summed E-state index contributed by atoms with van der Waals surface area (Å²) in [6.07, 6.45) is 7.95. The van der Waals surface area contributed by atoms with Crippen LogP contribution in [0.5, 0.6) is 0 Å². The van der Waals surface area contributed by atoms with Gasteiger partial charge in [0.15, 0.2) is 0 Å². The van der Waals surface area contributed by atoms with E-state index in [2.05, 4.69) is 57.5 Å². The van der Waals surface area contributed by atoms with Crippen molar-refractivity contribution in [3.63, 3.8) is 0 Å². The van der Waals surface area contributed by atoms with E-state index in [4.69, 9.17) is 32.3 Å². The number of rotatable bonds is 13. The van der Waals surface area contributed by atoms with Gasteiger partial charge in [-0.15, -0.1) is 6.58 Å². The quantitative estimate of drug-likeness (QED) is 0.188. The Balaban J connectivity index is 0.000000320. The normalized spacial score (nSPS) is 25.0. The van der Waals surface area contributed by atoms with Crippen LogP contribution in [0.15, 0.2) is 12.7 Å². The highest BCUT2D eigenvalue weighted by atomic mass is 28.4. The van der Waals surface area contributed by atoms with Crippen molar-refractivity contribution in [3.05, 3.63) is 12.7 Å². The summed E-state index contributed by atoms with van der Waals surface area (Å²) >= 11 is 0. The van der Waals surface area contributed by atoms with Crippen LogP contribution >= 0.6 is 0 Å². The van der Waals surface area contributed by atoms with E-state index in [-0.39, 0.29) is 0 Å². The first-order valence-corrected chi connectivity index (χ1v) is 27.4. The maximum Gasteiger partial charge on any atom is 0.427 e. The van der Waals surface area contributed by atoms with Crippen molar-refractivity contribution in [1.29, 1.82) is 0 Å². The lowest BCUT2D eigenvalue weighted by molar-refractivity contribution is 0.181. The summed E-state index contributed by atoms with van der Waals surface area (Å²) in [4.78, 5) is 3.37. The second-order valence-corrected chi connectivity index (χ2v) is 28.4. The molecule has 0 radical (unpaired) electrons. The fourth-order valence-electron chi connectivity index (χ4n) is 7.40. The predicted molar refractivity (Wildman–Crippen MR) is 209 cm³/mol. The molecule has 286 valence electrons. The number of hydrogen-bond donors (Lipinski definition) is 3. The minimum absolute atomic E-state index is 0.823. The van der Waals surface area contributed by atoms with Crippen LogP contribution in [0.1, 0.15) is 46.0 Å². The van der Waals surface area contributed by atoms with E-state index < -0.39 is 34.4 Å². The molecule has 16 heteroatoms. The Morgan fingerprint density at radius 2 is 1.35 bits per heavy atom. The molecule has 4 fully saturated rings. The zero-order valence-corrected chi connectivity index (χ0v) is 36.7. The Morgan fingerprint density at radius 3 is 1.83 bits per heavy atom. The molecular weight excluding hydrogens is 677 g/mol. The van der Waals surface area contributed by atoms with E-state index in [1.54, 1.807) is 42.7 Å². The Kier molecular flexibility index (Phi) is 23.4. The van der Waals surface area contributed by atoms with E-state index in [9.17, 15) is 0 Å². The van der Waals surface area contributed by atoms with E-state index in [0.717, 1.165) is 89.4 Å². The molecule has 0 amide bonds. The maximum absolute atomic E-state index is 5.60. The topological polar surface area (TPSA) is 115 Å². The standard InChI is InChI=1S/C9H21NO2Si.C8H20N2Si.C8H17NO2Si.C7H18N2O2Si/c1-4-5-7-10-8-6-9-13(10,11-2)12-3;1-8-6-10(5-4-9)11(2,3)7-8;1-4-6-9-7-5-8-12(9,10-2)11-3;1-10-12(11-2)7-3-4-8-5-6-9-12/h4-9H2,1-3H3;8H,4-7,9H2,1-3H3;4H,1,5-8H2,2-3H3;8-9H,3-7H2,1-2H3. The number of nitrogens with zero attached hydrogens (tertiary/aromatic N) is 3. The first-order valence-electron chi connectivity index (χ1n) is 18.3. The summed E-state index contributed by atoms with van der Waals surface area (Å²) in [6.45, 7) is 23.7. The number of unbranched alkanes of at least 4 members (excludes halogenated alkanes) is 1. The largest absolute Gasteiger partial charge is 0.427 e. The van der Waals surface area contributed by atoms with Gasteiger partial charge in [-0.1, -0.05) is 39.4 Å². The fourth-order valence-corrected chi connectivity index (χ4v) is 19.2. The number of hydrogen-bond acceptors (Lipinski definition) is 12. The van der Waals surface area contributed by atoms with Crippen LogP contribution in [0, 0.1) is 5.92 Å². The summed E-state index contributed by atoms with van der Waals surface area (Å²) in [6, 6.07) is 4.68. The Hall–Kier alpha value is 0.128. The molecule has 12 nitrogen and oxygen atoms in total. The summed E-state index contributed by atoms with van der Waals surface area (Å²) in [5, 5.41) is 3.32. The van der Waals surface area contributed by atoms with Gasteiger partial charge in [0.25, 0.3) is 0 Å². The Labute approximate surface area is 299 Å². The SMILES string of the molecule is C=CCN1CCC[Si]1(OC)OC.CC1CN(CCN)[Si](C)(C)C1.CCCCN1CCC[Si]1(OC)OC.CO[Si]1(OC)CCCNCCN1. The van der Waals surface area contributed by atoms with Gasteiger partial charge in [-0.05, 0) is 70.4 Å². The van der Waals surface area contributed by atoms with Gasteiger partial charge in [0.2, 0.25) is 0 Å². The zero-order chi connectivity index (χ0) is 36.1. The molecule has 4 N–H and O–H groups in total. The van der Waals surface area contributed by atoms with Gasteiger partial charge in [-0.25, -0.2) is 0 Å². The van der Waals surface area contributed by atoms with Crippen molar-refractivity contribution in [2.24, 2.45) is 11.7 Å². The molecule has 0 spiro atoms. The third-order valence-electron chi connectivity index (χ3n) is 10.1. The smallest absolute Gasteiger partial charge is 0.386 e. The first-order chi connectivity index (χ1) is 23.0. The summed E-state index contributed by atoms with van der Waals surface area (Å²) in [7, 11) is 3.66. The van der Waals surface area contributed by atoms with Crippen molar-refractivity contribution in [2.45, 2.75) is 83.2 Å². The molecule has 0 aliphatic carbocycles.